The Morgan fingerprint density at radius 2 is 1.79 bits per heavy atom. The Balaban J connectivity index is 0.00000205. The minimum atomic E-state index is 0. The van der Waals surface area contributed by atoms with Crippen LogP contribution in [0.4, 0.5) is 0 Å². The summed E-state index contributed by atoms with van der Waals surface area (Å²) in [6, 6.07) is 22.8. The van der Waals surface area contributed by atoms with Crippen molar-refractivity contribution in [1.82, 2.24) is 4.98 Å². The third kappa shape index (κ3) is 3.55. The Morgan fingerprint density at radius 3 is 2.52 bits per heavy atom. The van der Waals surface area contributed by atoms with Gasteiger partial charge in [-0.2, -0.15) is 5.26 Å². The molecule has 1 aliphatic carbocycles. The SMILES string of the molecule is CC1CCc2c(sc3nc(-c4ccc(C#N)cc4)cc(-c4ccccc4)c23)C1.Cl. The van der Waals surface area contributed by atoms with Crippen LogP contribution >= 0.6 is 23.7 Å². The summed E-state index contributed by atoms with van der Waals surface area (Å²) in [5.41, 5.74) is 6.73. The number of fused-ring (bicyclic) bond motifs is 3. The molecule has 0 spiro atoms. The Bertz CT molecular complexity index is 1200. The maximum absolute atomic E-state index is 9.08. The van der Waals surface area contributed by atoms with Gasteiger partial charge in [-0.3, -0.25) is 0 Å². The molecule has 1 aliphatic rings. The molecule has 0 bridgehead atoms. The van der Waals surface area contributed by atoms with Crippen molar-refractivity contribution in [2.45, 2.75) is 26.2 Å². The van der Waals surface area contributed by atoms with Gasteiger partial charge >= 0.3 is 0 Å². The van der Waals surface area contributed by atoms with Crippen LogP contribution in [0.3, 0.4) is 0 Å². The molecule has 4 heteroatoms. The van der Waals surface area contributed by atoms with Crippen LogP contribution in [0, 0.1) is 17.2 Å². The first-order valence-corrected chi connectivity index (χ1v) is 10.6. The normalized spacial score (nSPS) is 15.4. The molecule has 5 rings (SSSR count). The van der Waals surface area contributed by atoms with Crippen LogP contribution in [0.5, 0.6) is 0 Å². The minimum Gasteiger partial charge on any atom is -0.237 e. The van der Waals surface area contributed by atoms with Gasteiger partial charge in [0.15, 0.2) is 0 Å². The molecule has 0 radical (unpaired) electrons. The smallest absolute Gasteiger partial charge is 0.125 e. The van der Waals surface area contributed by atoms with Crippen molar-refractivity contribution in [3.05, 3.63) is 76.7 Å². The average molecular weight is 417 g/mol. The van der Waals surface area contributed by atoms with Crippen LogP contribution in [0.1, 0.15) is 29.3 Å². The monoisotopic (exact) mass is 416 g/mol. The van der Waals surface area contributed by atoms with Crippen molar-refractivity contribution in [3.8, 4) is 28.5 Å². The summed E-state index contributed by atoms with van der Waals surface area (Å²) in [7, 11) is 0. The number of aryl methyl sites for hydroxylation is 1. The van der Waals surface area contributed by atoms with Crippen LogP contribution < -0.4 is 0 Å². The highest BCUT2D eigenvalue weighted by Crippen LogP contribution is 2.43. The van der Waals surface area contributed by atoms with Crippen molar-refractivity contribution in [2.24, 2.45) is 5.92 Å². The largest absolute Gasteiger partial charge is 0.237 e. The summed E-state index contributed by atoms with van der Waals surface area (Å²) in [5, 5.41) is 10.4. The standard InChI is InChI=1S/C25H20N2S.ClH/c1-16-7-12-20-23(13-16)28-25-24(20)21(18-5-3-2-4-6-18)14-22(27-25)19-10-8-17(15-26)9-11-19;/h2-6,8-11,14,16H,7,12-13H2,1H3;1H. The van der Waals surface area contributed by atoms with Crippen molar-refractivity contribution >= 4 is 34.0 Å². The van der Waals surface area contributed by atoms with Gasteiger partial charge in [-0.1, -0.05) is 49.4 Å². The van der Waals surface area contributed by atoms with E-state index < -0.39 is 0 Å². The number of thiophene rings is 1. The molecule has 2 aromatic carbocycles. The first-order valence-electron chi connectivity index (χ1n) is 9.74. The van der Waals surface area contributed by atoms with Gasteiger partial charge in [-0.05, 0) is 60.1 Å². The molecule has 0 saturated heterocycles. The van der Waals surface area contributed by atoms with Gasteiger partial charge in [0.1, 0.15) is 4.83 Å². The fraction of sp³-hybridized carbons (Fsp3) is 0.200. The molecule has 0 N–H and O–H groups in total. The highest BCUT2D eigenvalue weighted by molar-refractivity contribution is 7.19. The summed E-state index contributed by atoms with van der Waals surface area (Å²) in [6.45, 7) is 2.35. The van der Waals surface area contributed by atoms with Gasteiger partial charge in [0, 0.05) is 15.8 Å². The highest BCUT2D eigenvalue weighted by atomic mass is 35.5. The number of halogens is 1. The number of hydrogen-bond donors (Lipinski definition) is 0. The van der Waals surface area contributed by atoms with E-state index in [1.54, 1.807) is 0 Å². The summed E-state index contributed by atoms with van der Waals surface area (Å²) in [6.07, 6.45) is 3.56. The molecule has 1 atom stereocenters. The van der Waals surface area contributed by atoms with E-state index in [1.807, 2.05) is 35.6 Å². The maximum Gasteiger partial charge on any atom is 0.125 e. The molecule has 29 heavy (non-hydrogen) atoms. The van der Waals surface area contributed by atoms with E-state index in [-0.39, 0.29) is 12.4 Å². The summed E-state index contributed by atoms with van der Waals surface area (Å²) in [5.74, 6) is 0.749. The molecule has 0 aliphatic heterocycles. The van der Waals surface area contributed by atoms with E-state index in [4.69, 9.17) is 10.2 Å². The molecule has 0 amide bonds. The molecule has 4 aromatic rings. The lowest BCUT2D eigenvalue weighted by atomic mass is 9.87. The molecule has 2 heterocycles. The van der Waals surface area contributed by atoms with Gasteiger partial charge in [0.25, 0.3) is 0 Å². The zero-order chi connectivity index (χ0) is 19.1. The van der Waals surface area contributed by atoms with Gasteiger partial charge in [0.05, 0.1) is 17.3 Å². The molecule has 144 valence electrons. The zero-order valence-electron chi connectivity index (χ0n) is 16.2. The first kappa shape index (κ1) is 19.6. The van der Waals surface area contributed by atoms with E-state index in [2.05, 4.69) is 49.4 Å². The van der Waals surface area contributed by atoms with E-state index in [1.165, 1.54) is 33.4 Å². The third-order valence-corrected chi connectivity index (χ3v) is 6.81. The van der Waals surface area contributed by atoms with Crippen LogP contribution in [0.25, 0.3) is 32.6 Å². The molecule has 1 unspecified atom stereocenters. The van der Waals surface area contributed by atoms with Crippen LogP contribution in [0.15, 0.2) is 60.7 Å². The van der Waals surface area contributed by atoms with Gasteiger partial charge in [-0.15, -0.1) is 23.7 Å². The molecule has 0 fully saturated rings. The van der Waals surface area contributed by atoms with Crippen molar-refractivity contribution in [3.63, 3.8) is 0 Å². The van der Waals surface area contributed by atoms with Crippen LogP contribution in [-0.2, 0) is 12.8 Å². The van der Waals surface area contributed by atoms with E-state index in [0.29, 0.717) is 5.56 Å². The Morgan fingerprint density at radius 1 is 1.03 bits per heavy atom. The Labute approximate surface area is 181 Å². The molecule has 2 aromatic heterocycles. The van der Waals surface area contributed by atoms with Crippen LogP contribution in [-0.4, -0.2) is 4.98 Å². The maximum atomic E-state index is 9.08. The van der Waals surface area contributed by atoms with Crippen LogP contribution in [0.2, 0.25) is 0 Å². The second-order valence-corrected chi connectivity index (χ2v) is 8.73. The molecular weight excluding hydrogens is 396 g/mol. The van der Waals surface area contributed by atoms with Gasteiger partial charge in [0.2, 0.25) is 0 Å². The number of pyridine rings is 1. The van der Waals surface area contributed by atoms with E-state index >= 15 is 0 Å². The lowest BCUT2D eigenvalue weighted by Gasteiger charge is -2.18. The highest BCUT2D eigenvalue weighted by Gasteiger charge is 2.23. The molecule has 0 saturated carbocycles. The summed E-state index contributed by atoms with van der Waals surface area (Å²) < 4.78 is 0. The second-order valence-electron chi connectivity index (χ2n) is 7.64. The van der Waals surface area contributed by atoms with Crippen molar-refractivity contribution in [2.75, 3.05) is 0 Å². The number of nitrogens with zero attached hydrogens (tertiary/aromatic N) is 2. The minimum absolute atomic E-state index is 0. The van der Waals surface area contributed by atoms with E-state index in [9.17, 15) is 0 Å². The third-order valence-electron chi connectivity index (χ3n) is 5.66. The number of rotatable bonds is 2. The predicted octanol–water partition coefficient (Wildman–Crippen LogP) is 7.05. The fourth-order valence-electron chi connectivity index (χ4n) is 4.15. The Hall–Kier alpha value is -2.67. The summed E-state index contributed by atoms with van der Waals surface area (Å²) >= 11 is 1.87. The number of nitriles is 1. The first-order chi connectivity index (χ1) is 13.7. The van der Waals surface area contributed by atoms with Gasteiger partial charge in [-0.25, -0.2) is 4.98 Å². The molecular formula is C25H21ClN2S. The lowest BCUT2D eigenvalue weighted by molar-refractivity contribution is 0.509. The van der Waals surface area contributed by atoms with Crippen molar-refractivity contribution < 1.29 is 0 Å². The van der Waals surface area contributed by atoms with Crippen molar-refractivity contribution in [1.29, 1.82) is 5.26 Å². The number of hydrogen-bond acceptors (Lipinski definition) is 3. The summed E-state index contributed by atoms with van der Waals surface area (Å²) in [4.78, 5) is 7.70. The fourth-order valence-corrected chi connectivity index (χ4v) is 5.56. The number of aromatic nitrogens is 1. The predicted molar refractivity (Wildman–Crippen MR) is 124 cm³/mol. The lowest BCUT2D eigenvalue weighted by Crippen LogP contribution is -2.08. The second kappa shape index (κ2) is 7.99. The van der Waals surface area contributed by atoms with Gasteiger partial charge < -0.3 is 0 Å². The Kier molecular flexibility index (Phi) is 5.41. The topological polar surface area (TPSA) is 36.7 Å². The zero-order valence-corrected chi connectivity index (χ0v) is 17.8. The molecule has 2 nitrogen and oxygen atoms in total. The number of benzene rings is 2. The average Bonchev–Trinajstić information content (AvgIpc) is 3.11. The quantitative estimate of drug-likeness (QED) is 0.351. The van der Waals surface area contributed by atoms with E-state index in [0.717, 1.165) is 34.8 Å².